The third-order valence-corrected chi connectivity index (χ3v) is 4.58. The molecule has 2 atom stereocenters. The normalized spacial score (nSPS) is 13.7. The van der Waals surface area contributed by atoms with Gasteiger partial charge in [0.2, 0.25) is 0 Å². The van der Waals surface area contributed by atoms with Crippen LogP contribution in [0.4, 0.5) is 0 Å². The Morgan fingerprint density at radius 2 is 0.861 bits per heavy atom. The number of carbonyl (C=O) groups is 6. The number of ether oxygens (including phenoxy) is 2. The zero-order valence-electron chi connectivity index (χ0n) is 20.4. The molecule has 0 saturated heterocycles. The minimum Gasteiger partial charge on any atom is -0.481 e. The largest absolute Gasteiger partial charge is 0.481 e. The fourth-order valence-corrected chi connectivity index (χ4v) is 2.58. The molecule has 208 valence electrons. The van der Waals surface area contributed by atoms with Gasteiger partial charge in [0, 0.05) is 0 Å². The summed E-state index contributed by atoms with van der Waals surface area (Å²) in [7, 11) is 0. The molecule has 14 nitrogen and oxygen atoms in total. The maximum atomic E-state index is 11.3. The first-order valence-corrected chi connectivity index (χ1v) is 11.3. The molecule has 6 N–H and O–H groups in total. The Balaban J connectivity index is 0. The maximum absolute atomic E-state index is 11.3. The Morgan fingerprint density at radius 3 is 1.08 bits per heavy atom. The maximum Gasteiger partial charge on any atom is 0.336 e. The van der Waals surface area contributed by atoms with E-state index in [1.54, 1.807) is 0 Å². The summed E-state index contributed by atoms with van der Waals surface area (Å²) in [5.41, 5.74) is -5.23. The van der Waals surface area contributed by atoms with Crippen molar-refractivity contribution in [1.29, 1.82) is 0 Å². The molecule has 0 aromatic rings. The van der Waals surface area contributed by atoms with Crippen molar-refractivity contribution in [2.45, 2.75) is 89.3 Å². The molecule has 0 bridgehead atoms. The minimum atomic E-state index is -2.62. The Labute approximate surface area is 207 Å². The van der Waals surface area contributed by atoms with Crippen LogP contribution in [0, 0.1) is 0 Å². The quantitative estimate of drug-likeness (QED) is 0.107. The van der Waals surface area contributed by atoms with Gasteiger partial charge in [0.25, 0.3) is 0 Å². The second-order valence-electron chi connectivity index (χ2n) is 8.02. The van der Waals surface area contributed by atoms with E-state index < -0.39 is 72.7 Å². The van der Waals surface area contributed by atoms with E-state index >= 15 is 0 Å². The highest BCUT2D eigenvalue weighted by molar-refractivity contribution is 5.89. The van der Waals surface area contributed by atoms with Gasteiger partial charge in [0.1, 0.15) is 0 Å². The molecule has 0 saturated carbocycles. The molecule has 0 aromatic heterocycles. The fraction of sp³-hybridized carbons (Fsp3) is 0.727. The van der Waals surface area contributed by atoms with Gasteiger partial charge in [0.15, 0.2) is 11.2 Å². The predicted molar refractivity (Wildman–Crippen MR) is 120 cm³/mol. The average molecular weight is 525 g/mol. The minimum absolute atomic E-state index is 0.134. The lowest BCUT2D eigenvalue weighted by atomic mass is 9.96. The molecule has 36 heavy (non-hydrogen) atoms. The van der Waals surface area contributed by atoms with Crippen LogP contribution in [0.3, 0.4) is 0 Å². The van der Waals surface area contributed by atoms with Crippen LogP contribution in [0.15, 0.2) is 0 Å². The van der Waals surface area contributed by atoms with Crippen LogP contribution in [0.5, 0.6) is 0 Å². The second kappa shape index (κ2) is 18.1. The van der Waals surface area contributed by atoms with Crippen molar-refractivity contribution in [3.63, 3.8) is 0 Å². The summed E-state index contributed by atoms with van der Waals surface area (Å²) in [5.74, 6) is -8.35. The first-order valence-electron chi connectivity index (χ1n) is 11.3. The van der Waals surface area contributed by atoms with Crippen molar-refractivity contribution in [3.8, 4) is 0 Å². The second-order valence-corrected chi connectivity index (χ2v) is 8.02. The van der Waals surface area contributed by atoms with Crippen LogP contribution in [0.25, 0.3) is 0 Å². The molecule has 0 fully saturated rings. The van der Waals surface area contributed by atoms with Crippen LogP contribution in [-0.2, 0) is 38.2 Å². The van der Waals surface area contributed by atoms with E-state index in [0.717, 1.165) is 25.7 Å². The smallest absolute Gasteiger partial charge is 0.336 e. The Bertz CT molecular complexity index is 687. The molecule has 0 heterocycles. The molecule has 2 unspecified atom stereocenters. The molecular formula is C22H36O14. The lowest BCUT2D eigenvalue weighted by Gasteiger charge is -2.20. The number of esters is 2. The third-order valence-electron chi connectivity index (χ3n) is 4.58. The molecule has 0 amide bonds. The number of carbonyl (C=O) groups excluding carboxylic acids is 2. The van der Waals surface area contributed by atoms with Gasteiger partial charge in [-0.1, -0.05) is 39.5 Å². The highest BCUT2D eigenvalue weighted by Crippen LogP contribution is 2.18. The Kier molecular flexibility index (Phi) is 17.5. The molecule has 0 aromatic carbocycles. The van der Waals surface area contributed by atoms with Gasteiger partial charge in [-0.25, -0.2) is 9.59 Å². The third kappa shape index (κ3) is 16.4. The zero-order valence-corrected chi connectivity index (χ0v) is 20.4. The van der Waals surface area contributed by atoms with Crippen LogP contribution in [-0.4, -0.2) is 90.9 Å². The highest BCUT2D eigenvalue weighted by Gasteiger charge is 2.42. The fourth-order valence-electron chi connectivity index (χ4n) is 2.58. The van der Waals surface area contributed by atoms with Crippen molar-refractivity contribution in [3.05, 3.63) is 0 Å². The Hall–Kier alpha value is -3.26. The molecule has 0 rings (SSSR count). The van der Waals surface area contributed by atoms with Crippen LogP contribution >= 0.6 is 0 Å². The number of unbranched alkanes of at least 4 members (excludes halogenated alkanes) is 4. The van der Waals surface area contributed by atoms with E-state index in [1.165, 1.54) is 0 Å². The monoisotopic (exact) mass is 524 g/mol. The molecular weight excluding hydrogens is 488 g/mol. The van der Waals surface area contributed by atoms with E-state index in [2.05, 4.69) is 0 Å². The van der Waals surface area contributed by atoms with E-state index in [-0.39, 0.29) is 13.2 Å². The summed E-state index contributed by atoms with van der Waals surface area (Å²) in [4.78, 5) is 64.9. The molecule has 0 aliphatic heterocycles. The number of aliphatic hydroxyl groups is 2. The lowest BCUT2D eigenvalue weighted by Crippen LogP contribution is -2.43. The number of aliphatic carboxylic acids is 4. The summed E-state index contributed by atoms with van der Waals surface area (Å²) in [6.45, 7) is 4.21. The highest BCUT2D eigenvalue weighted by atomic mass is 16.5. The van der Waals surface area contributed by atoms with Crippen molar-refractivity contribution in [1.82, 2.24) is 0 Å². The molecule has 0 aliphatic rings. The number of hydrogen-bond acceptors (Lipinski definition) is 10. The molecule has 14 heteroatoms. The van der Waals surface area contributed by atoms with Crippen LogP contribution in [0.2, 0.25) is 0 Å². The van der Waals surface area contributed by atoms with Gasteiger partial charge in [-0.3, -0.25) is 19.2 Å². The summed E-state index contributed by atoms with van der Waals surface area (Å²) in [6, 6.07) is 0. The number of carboxylic acid groups (broad SMARTS) is 4. The van der Waals surface area contributed by atoms with E-state index in [0.29, 0.717) is 12.8 Å². The summed E-state index contributed by atoms with van der Waals surface area (Å²) < 4.78 is 9.43. The van der Waals surface area contributed by atoms with Crippen molar-refractivity contribution < 1.29 is 68.9 Å². The van der Waals surface area contributed by atoms with Gasteiger partial charge in [0.05, 0.1) is 38.9 Å². The van der Waals surface area contributed by atoms with Crippen molar-refractivity contribution in [2.24, 2.45) is 0 Å². The summed E-state index contributed by atoms with van der Waals surface area (Å²) in [5, 5.41) is 53.5. The van der Waals surface area contributed by atoms with Gasteiger partial charge >= 0.3 is 35.8 Å². The zero-order chi connectivity index (χ0) is 28.4. The van der Waals surface area contributed by atoms with E-state index in [1.807, 2.05) is 13.8 Å². The topological polar surface area (TPSA) is 242 Å². The average Bonchev–Trinajstić information content (AvgIpc) is 2.73. The lowest BCUT2D eigenvalue weighted by molar-refractivity contribution is -0.172. The van der Waals surface area contributed by atoms with Crippen molar-refractivity contribution in [2.75, 3.05) is 13.2 Å². The standard InChI is InChI=1S/2C11H18O7/c2*1-2-3-4-5-18-9(14)7-11(17,10(15)16)6-8(12)13/h2*17H,2-7H2,1H3,(H,12,13)(H,15,16). The van der Waals surface area contributed by atoms with Gasteiger partial charge in [-0.2, -0.15) is 0 Å². The van der Waals surface area contributed by atoms with Crippen LogP contribution < -0.4 is 0 Å². The number of hydrogen-bond donors (Lipinski definition) is 6. The summed E-state index contributed by atoms with van der Waals surface area (Å²) in [6.07, 6.45) is 1.06. The van der Waals surface area contributed by atoms with Gasteiger partial charge in [-0.15, -0.1) is 0 Å². The number of carboxylic acids is 4. The van der Waals surface area contributed by atoms with E-state index in [9.17, 15) is 39.0 Å². The first-order chi connectivity index (χ1) is 16.6. The van der Waals surface area contributed by atoms with Gasteiger partial charge in [-0.05, 0) is 12.8 Å². The molecule has 0 radical (unpaired) electrons. The van der Waals surface area contributed by atoms with Gasteiger partial charge < -0.3 is 40.1 Å². The predicted octanol–water partition coefficient (Wildman–Crippen LogP) is 0.801. The SMILES string of the molecule is CCCCCOC(=O)CC(O)(CC(=O)O)C(=O)O.CCCCCOC(=O)CC(O)(CC(=O)O)C(=O)O. The van der Waals surface area contributed by atoms with E-state index in [4.69, 9.17) is 29.9 Å². The molecule has 0 spiro atoms. The number of rotatable bonds is 18. The Morgan fingerprint density at radius 1 is 0.556 bits per heavy atom. The van der Waals surface area contributed by atoms with Crippen LogP contribution in [0.1, 0.15) is 78.1 Å². The first kappa shape index (κ1) is 34.9. The van der Waals surface area contributed by atoms with Crippen molar-refractivity contribution >= 4 is 35.8 Å². The summed E-state index contributed by atoms with van der Waals surface area (Å²) >= 11 is 0. The molecule has 0 aliphatic carbocycles.